The highest BCUT2D eigenvalue weighted by molar-refractivity contribution is 5.91. The molecule has 2 heterocycles. The Morgan fingerprint density at radius 3 is 2.52 bits per heavy atom. The van der Waals surface area contributed by atoms with E-state index in [0.29, 0.717) is 24.8 Å². The summed E-state index contributed by atoms with van der Waals surface area (Å²) in [6.45, 7) is 7.67. The number of amides is 2. The average molecular weight is 320 g/mol. The molecule has 1 aromatic heterocycles. The van der Waals surface area contributed by atoms with E-state index in [9.17, 15) is 9.59 Å². The van der Waals surface area contributed by atoms with E-state index < -0.39 is 0 Å². The fourth-order valence-electron chi connectivity index (χ4n) is 2.92. The zero-order valence-corrected chi connectivity index (χ0v) is 14.4. The van der Waals surface area contributed by atoms with E-state index in [1.54, 1.807) is 17.0 Å². The number of likely N-dealkylation sites (tertiary alicyclic amines) is 1. The summed E-state index contributed by atoms with van der Waals surface area (Å²) in [6.07, 6.45) is 5.08. The maximum Gasteiger partial charge on any atom is 0.289 e. The molecular weight excluding hydrogens is 292 g/mol. The largest absolute Gasteiger partial charge is 0.459 e. The molecule has 5 heteroatoms. The van der Waals surface area contributed by atoms with Crippen LogP contribution in [0, 0.1) is 11.8 Å². The molecule has 1 N–H and O–H groups in total. The van der Waals surface area contributed by atoms with Gasteiger partial charge in [0.2, 0.25) is 5.91 Å². The maximum atomic E-state index is 12.3. The summed E-state index contributed by atoms with van der Waals surface area (Å²) in [7, 11) is 0. The summed E-state index contributed by atoms with van der Waals surface area (Å²) >= 11 is 0. The number of nitrogens with one attached hydrogen (secondary N) is 1. The van der Waals surface area contributed by atoms with Crippen molar-refractivity contribution < 1.29 is 14.0 Å². The molecule has 0 saturated carbocycles. The lowest BCUT2D eigenvalue weighted by Gasteiger charge is -2.31. The van der Waals surface area contributed by atoms with Crippen LogP contribution in [0.5, 0.6) is 0 Å². The van der Waals surface area contributed by atoms with E-state index in [-0.39, 0.29) is 23.8 Å². The van der Waals surface area contributed by atoms with Gasteiger partial charge in [-0.05, 0) is 50.7 Å². The Morgan fingerprint density at radius 2 is 1.96 bits per heavy atom. The number of hydrogen-bond donors (Lipinski definition) is 1. The minimum absolute atomic E-state index is 0.0113. The first-order valence-corrected chi connectivity index (χ1v) is 8.60. The van der Waals surface area contributed by atoms with Crippen molar-refractivity contribution in [1.29, 1.82) is 0 Å². The summed E-state index contributed by atoms with van der Waals surface area (Å²) in [5, 5.41) is 3.12. The summed E-state index contributed by atoms with van der Waals surface area (Å²) in [4.78, 5) is 26.3. The normalized spacial score (nSPS) is 17.3. The quantitative estimate of drug-likeness (QED) is 0.876. The second-order valence-electron chi connectivity index (χ2n) is 6.92. The van der Waals surface area contributed by atoms with Crippen LogP contribution in [-0.2, 0) is 4.79 Å². The second-order valence-corrected chi connectivity index (χ2v) is 6.92. The smallest absolute Gasteiger partial charge is 0.289 e. The third-order valence-electron chi connectivity index (χ3n) is 4.45. The predicted octanol–water partition coefficient (Wildman–Crippen LogP) is 3.07. The van der Waals surface area contributed by atoms with Crippen molar-refractivity contribution in [1.82, 2.24) is 10.2 Å². The molecule has 1 aromatic rings. The third-order valence-corrected chi connectivity index (χ3v) is 4.45. The van der Waals surface area contributed by atoms with Gasteiger partial charge < -0.3 is 14.6 Å². The number of furan rings is 1. The number of carbonyl (C=O) groups is 2. The molecule has 1 fully saturated rings. The molecular formula is C18H28N2O3. The Balaban J connectivity index is 1.75. The van der Waals surface area contributed by atoms with Crippen LogP contribution in [0.1, 0.15) is 57.0 Å². The van der Waals surface area contributed by atoms with E-state index in [2.05, 4.69) is 26.1 Å². The SMILES string of the molecule is CC(C)CCC(C)NC(=O)C1CCN(C(=O)c2ccco2)CC1. The van der Waals surface area contributed by atoms with Crippen LogP contribution in [0.2, 0.25) is 0 Å². The Morgan fingerprint density at radius 1 is 1.26 bits per heavy atom. The molecule has 0 spiro atoms. The van der Waals surface area contributed by atoms with Crippen molar-refractivity contribution in [2.24, 2.45) is 11.8 Å². The van der Waals surface area contributed by atoms with Gasteiger partial charge in [0, 0.05) is 25.0 Å². The molecule has 0 radical (unpaired) electrons. The van der Waals surface area contributed by atoms with Crippen molar-refractivity contribution in [2.45, 2.75) is 52.5 Å². The van der Waals surface area contributed by atoms with E-state index >= 15 is 0 Å². The molecule has 0 aromatic carbocycles. The van der Waals surface area contributed by atoms with E-state index in [0.717, 1.165) is 25.7 Å². The van der Waals surface area contributed by atoms with Crippen molar-refractivity contribution >= 4 is 11.8 Å². The zero-order chi connectivity index (χ0) is 16.8. The standard InChI is InChI=1S/C18H28N2O3/c1-13(2)6-7-14(3)19-17(21)15-8-10-20(11-9-15)18(22)16-5-4-12-23-16/h4-5,12-15H,6-11H2,1-3H3,(H,19,21). The highest BCUT2D eigenvalue weighted by Crippen LogP contribution is 2.20. The van der Waals surface area contributed by atoms with Crippen molar-refractivity contribution in [3.05, 3.63) is 24.2 Å². The van der Waals surface area contributed by atoms with E-state index in [4.69, 9.17) is 4.42 Å². The van der Waals surface area contributed by atoms with Gasteiger partial charge >= 0.3 is 0 Å². The fourth-order valence-corrected chi connectivity index (χ4v) is 2.92. The van der Waals surface area contributed by atoms with Gasteiger partial charge in [-0.25, -0.2) is 0 Å². The lowest BCUT2D eigenvalue weighted by Crippen LogP contribution is -2.44. The minimum Gasteiger partial charge on any atom is -0.459 e. The molecule has 2 amide bonds. The van der Waals surface area contributed by atoms with Gasteiger partial charge in [-0.1, -0.05) is 13.8 Å². The molecule has 0 aliphatic carbocycles. The highest BCUT2D eigenvalue weighted by atomic mass is 16.3. The maximum absolute atomic E-state index is 12.3. The third kappa shape index (κ3) is 5.12. The van der Waals surface area contributed by atoms with Crippen molar-refractivity contribution in [3.8, 4) is 0 Å². The molecule has 2 rings (SSSR count). The summed E-state index contributed by atoms with van der Waals surface area (Å²) in [6, 6.07) is 3.61. The first-order valence-electron chi connectivity index (χ1n) is 8.60. The van der Waals surface area contributed by atoms with Gasteiger partial charge in [0.05, 0.1) is 6.26 Å². The van der Waals surface area contributed by atoms with Crippen LogP contribution in [0.3, 0.4) is 0 Å². The molecule has 1 aliphatic rings. The van der Waals surface area contributed by atoms with Crippen LogP contribution in [0.4, 0.5) is 0 Å². The van der Waals surface area contributed by atoms with E-state index in [1.165, 1.54) is 6.26 Å². The Labute approximate surface area is 138 Å². The second kappa shape index (κ2) is 8.18. The lowest BCUT2D eigenvalue weighted by atomic mass is 9.95. The minimum atomic E-state index is -0.0841. The molecule has 1 atom stereocenters. The van der Waals surface area contributed by atoms with Crippen molar-refractivity contribution in [3.63, 3.8) is 0 Å². The molecule has 128 valence electrons. The molecule has 23 heavy (non-hydrogen) atoms. The molecule has 1 aliphatic heterocycles. The summed E-state index contributed by atoms with van der Waals surface area (Å²) < 4.78 is 5.15. The van der Waals surface area contributed by atoms with Gasteiger partial charge in [-0.2, -0.15) is 0 Å². The zero-order valence-electron chi connectivity index (χ0n) is 14.4. The summed E-state index contributed by atoms with van der Waals surface area (Å²) in [5.74, 6) is 1.09. The van der Waals surface area contributed by atoms with Crippen LogP contribution < -0.4 is 5.32 Å². The van der Waals surface area contributed by atoms with Gasteiger partial charge in [0.15, 0.2) is 5.76 Å². The lowest BCUT2D eigenvalue weighted by molar-refractivity contribution is -0.127. The van der Waals surface area contributed by atoms with Crippen molar-refractivity contribution in [2.75, 3.05) is 13.1 Å². The number of piperidine rings is 1. The molecule has 1 unspecified atom stereocenters. The Hall–Kier alpha value is -1.78. The Kier molecular flexibility index (Phi) is 6.25. The average Bonchev–Trinajstić information content (AvgIpc) is 3.06. The predicted molar refractivity (Wildman–Crippen MR) is 89.0 cm³/mol. The van der Waals surface area contributed by atoms with E-state index in [1.807, 2.05) is 0 Å². The number of hydrogen-bond acceptors (Lipinski definition) is 3. The molecule has 1 saturated heterocycles. The number of carbonyl (C=O) groups excluding carboxylic acids is 2. The Bertz CT molecular complexity index is 502. The van der Waals surface area contributed by atoms with Crippen LogP contribution in [0.15, 0.2) is 22.8 Å². The molecule has 0 bridgehead atoms. The number of rotatable bonds is 6. The van der Waals surface area contributed by atoms with Gasteiger partial charge in [-0.3, -0.25) is 9.59 Å². The number of nitrogens with zero attached hydrogens (tertiary/aromatic N) is 1. The van der Waals surface area contributed by atoms with Gasteiger partial charge in [-0.15, -0.1) is 0 Å². The topological polar surface area (TPSA) is 62.6 Å². The molecule has 5 nitrogen and oxygen atoms in total. The highest BCUT2D eigenvalue weighted by Gasteiger charge is 2.29. The fraction of sp³-hybridized carbons (Fsp3) is 0.667. The first-order chi connectivity index (χ1) is 11.0. The van der Waals surface area contributed by atoms with Gasteiger partial charge in [0.1, 0.15) is 0 Å². The summed E-state index contributed by atoms with van der Waals surface area (Å²) in [5.41, 5.74) is 0. The van der Waals surface area contributed by atoms with Crippen LogP contribution in [-0.4, -0.2) is 35.8 Å². The van der Waals surface area contributed by atoms with Gasteiger partial charge in [0.25, 0.3) is 5.91 Å². The first kappa shape index (κ1) is 17.6. The van der Waals surface area contributed by atoms with Crippen LogP contribution in [0.25, 0.3) is 0 Å². The monoisotopic (exact) mass is 320 g/mol. The van der Waals surface area contributed by atoms with Crippen LogP contribution >= 0.6 is 0 Å².